The first-order valence-electron chi connectivity index (χ1n) is 5.10. The molecule has 1 aromatic rings. The molecule has 0 bridgehead atoms. The molecule has 4 heteroatoms. The first-order valence-corrected chi connectivity index (χ1v) is 5.10. The van der Waals surface area contributed by atoms with E-state index in [-0.39, 0.29) is 0 Å². The zero-order valence-electron chi connectivity index (χ0n) is 8.68. The second-order valence-corrected chi connectivity index (χ2v) is 3.88. The number of nitrogens with zero attached hydrogens (tertiary/aromatic N) is 2. The summed E-state index contributed by atoms with van der Waals surface area (Å²) in [6.07, 6.45) is 3.36. The van der Waals surface area contributed by atoms with Crippen LogP contribution in [0.5, 0.6) is 0 Å². The fourth-order valence-electron chi connectivity index (χ4n) is 1.97. The van der Waals surface area contributed by atoms with Crippen molar-refractivity contribution in [3.05, 3.63) is 23.9 Å². The molecule has 2 rings (SSSR count). The summed E-state index contributed by atoms with van der Waals surface area (Å²) in [4.78, 5) is 17.1. The van der Waals surface area contributed by atoms with Gasteiger partial charge < -0.3 is 10.0 Å². The number of carboxylic acid groups (broad SMARTS) is 1. The van der Waals surface area contributed by atoms with Crippen molar-refractivity contribution in [3.63, 3.8) is 0 Å². The van der Waals surface area contributed by atoms with Crippen LogP contribution in [-0.4, -0.2) is 28.6 Å². The number of carbonyl (C=O) groups is 1. The van der Waals surface area contributed by atoms with Crippen LogP contribution in [0.1, 0.15) is 18.4 Å². The zero-order chi connectivity index (χ0) is 10.8. The third kappa shape index (κ3) is 1.93. The summed E-state index contributed by atoms with van der Waals surface area (Å²) in [6, 6.07) is 3.44. The fraction of sp³-hybridized carbons (Fsp3) is 0.455. The average molecular weight is 206 g/mol. The lowest BCUT2D eigenvalue weighted by molar-refractivity contribution is -0.138. The van der Waals surface area contributed by atoms with E-state index in [1.54, 1.807) is 6.20 Å². The lowest BCUT2D eigenvalue weighted by atomic mass is 10.2. The van der Waals surface area contributed by atoms with Gasteiger partial charge in [-0.2, -0.15) is 0 Å². The molecule has 1 atom stereocenters. The monoisotopic (exact) mass is 206 g/mol. The Morgan fingerprint density at radius 3 is 3.13 bits per heavy atom. The predicted molar refractivity (Wildman–Crippen MR) is 57.0 cm³/mol. The summed E-state index contributed by atoms with van der Waals surface area (Å²) in [5, 5.41) is 9.04. The highest BCUT2D eigenvalue weighted by Crippen LogP contribution is 2.24. The second-order valence-electron chi connectivity index (χ2n) is 3.88. The van der Waals surface area contributed by atoms with Crippen LogP contribution in [0, 0.1) is 6.92 Å². The maximum Gasteiger partial charge on any atom is 0.326 e. The Morgan fingerprint density at radius 2 is 2.47 bits per heavy atom. The molecule has 0 amide bonds. The molecule has 15 heavy (non-hydrogen) atoms. The van der Waals surface area contributed by atoms with E-state index in [9.17, 15) is 4.79 Å². The van der Waals surface area contributed by atoms with Crippen molar-refractivity contribution in [2.45, 2.75) is 25.8 Å². The number of aliphatic carboxylic acids is 1. The van der Waals surface area contributed by atoms with Gasteiger partial charge in [0.25, 0.3) is 0 Å². The Labute approximate surface area is 88.6 Å². The quantitative estimate of drug-likeness (QED) is 0.795. The SMILES string of the molecule is Cc1ccnc(N2CCCC2C(=O)O)c1. The van der Waals surface area contributed by atoms with Gasteiger partial charge in [0.05, 0.1) is 0 Å². The normalized spacial score (nSPS) is 20.6. The Bertz CT molecular complexity index is 379. The molecule has 2 heterocycles. The first-order chi connectivity index (χ1) is 7.18. The third-order valence-corrected chi connectivity index (χ3v) is 2.73. The van der Waals surface area contributed by atoms with E-state index >= 15 is 0 Å². The lowest BCUT2D eigenvalue weighted by Crippen LogP contribution is -2.36. The topological polar surface area (TPSA) is 53.4 Å². The van der Waals surface area contributed by atoms with Gasteiger partial charge in [0.15, 0.2) is 0 Å². The van der Waals surface area contributed by atoms with E-state index in [1.165, 1.54) is 0 Å². The molecular formula is C11H14N2O2. The summed E-state index contributed by atoms with van der Waals surface area (Å²) in [6.45, 7) is 2.77. The standard InChI is InChI=1S/C11H14N2O2/c1-8-4-5-12-10(7-8)13-6-2-3-9(13)11(14)15/h4-5,7,9H,2-3,6H2,1H3,(H,14,15). The number of hydrogen-bond donors (Lipinski definition) is 1. The first kappa shape index (κ1) is 9.96. The number of rotatable bonds is 2. The van der Waals surface area contributed by atoms with Gasteiger partial charge in [-0.1, -0.05) is 0 Å². The van der Waals surface area contributed by atoms with Gasteiger partial charge in [0.2, 0.25) is 0 Å². The minimum absolute atomic E-state index is 0.403. The third-order valence-electron chi connectivity index (χ3n) is 2.73. The Morgan fingerprint density at radius 1 is 1.67 bits per heavy atom. The van der Waals surface area contributed by atoms with Crippen LogP contribution in [0.4, 0.5) is 5.82 Å². The fourth-order valence-corrected chi connectivity index (χ4v) is 1.97. The summed E-state index contributed by atoms with van der Waals surface area (Å²) < 4.78 is 0. The molecule has 1 fully saturated rings. The molecule has 0 radical (unpaired) electrons. The van der Waals surface area contributed by atoms with Crippen LogP contribution in [0.15, 0.2) is 18.3 Å². The molecule has 1 aliphatic heterocycles. The second kappa shape index (κ2) is 3.88. The van der Waals surface area contributed by atoms with Gasteiger partial charge >= 0.3 is 5.97 Å². The van der Waals surface area contributed by atoms with Crippen molar-refractivity contribution in [1.82, 2.24) is 4.98 Å². The van der Waals surface area contributed by atoms with E-state index < -0.39 is 12.0 Å². The Balaban J connectivity index is 2.26. The minimum atomic E-state index is -0.754. The number of aromatic nitrogens is 1. The number of hydrogen-bond acceptors (Lipinski definition) is 3. The highest BCUT2D eigenvalue weighted by molar-refractivity contribution is 5.78. The zero-order valence-corrected chi connectivity index (χ0v) is 8.68. The summed E-state index contributed by atoms with van der Waals surface area (Å²) in [5.41, 5.74) is 1.11. The molecule has 1 N–H and O–H groups in total. The van der Waals surface area contributed by atoms with Crippen LogP contribution in [-0.2, 0) is 4.79 Å². The summed E-state index contributed by atoms with van der Waals surface area (Å²) in [5.74, 6) is 0.0238. The number of carboxylic acids is 1. The van der Waals surface area contributed by atoms with Gasteiger partial charge in [-0.05, 0) is 37.5 Å². The van der Waals surface area contributed by atoms with Crippen molar-refractivity contribution in [2.75, 3.05) is 11.4 Å². The number of pyridine rings is 1. The number of anilines is 1. The van der Waals surface area contributed by atoms with E-state index in [4.69, 9.17) is 5.11 Å². The molecule has 4 nitrogen and oxygen atoms in total. The Kier molecular flexibility index (Phi) is 2.58. The van der Waals surface area contributed by atoms with Crippen LogP contribution < -0.4 is 4.90 Å². The minimum Gasteiger partial charge on any atom is -0.480 e. The maximum absolute atomic E-state index is 11.0. The molecule has 1 saturated heterocycles. The molecule has 80 valence electrons. The van der Waals surface area contributed by atoms with Crippen LogP contribution >= 0.6 is 0 Å². The maximum atomic E-state index is 11.0. The average Bonchev–Trinajstić information content (AvgIpc) is 2.65. The van der Waals surface area contributed by atoms with Crippen molar-refractivity contribution in [1.29, 1.82) is 0 Å². The van der Waals surface area contributed by atoms with Gasteiger partial charge in [0.1, 0.15) is 11.9 Å². The predicted octanol–water partition coefficient (Wildman–Crippen LogP) is 1.44. The van der Waals surface area contributed by atoms with E-state index in [1.807, 2.05) is 24.0 Å². The van der Waals surface area contributed by atoms with Crippen LogP contribution in [0.25, 0.3) is 0 Å². The van der Waals surface area contributed by atoms with E-state index in [0.29, 0.717) is 6.42 Å². The van der Waals surface area contributed by atoms with Gasteiger partial charge in [-0.25, -0.2) is 9.78 Å². The molecule has 0 saturated carbocycles. The highest BCUT2D eigenvalue weighted by atomic mass is 16.4. The van der Waals surface area contributed by atoms with Gasteiger partial charge in [-0.15, -0.1) is 0 Å². The van der Waals surface area contributed by atoms with E-state index in [0.717, 1.165) is 24.3 Å². The summed E-state index contributed by atoms with van der Waals surface area (Å²) in [7, 11) is 0. The van der Waals surface area contributed by atoms with Crippen molar-refractivity contribution >= 4 is 11.8 Å². The van der Waals surface area contributed by atoms with Crippen LogP contribution in [0.2, 0.25) is 0 Å². The van der Waals surface area contributed by atoms with Crippen LogP contribution in [0.3, 0.4) is 0 Å². The van der Waals surface area contributed by atoms with Crippen molar-refractivity contribution in [2.24, 2.45) is 0 Å². The molecule has 1 aliphatic rings. The van der Waals surface area contributed by atoms with E-state index in [2.05, 4.69) is 4.98 Å². The number of aryl methyl sites for hydroxylation is 1. The smallest absolute Gasteiger partial charge is 0.326 e. The van der Waals surface area contributed by atoms with Gasteiger partial charge in [0, 0.05) is 12.7 Å². The summed E-state index contributed by atoms with van der Waals surface area (Å²) >= 11 is 0. The van der Waals surface area contributed by atoms with Crippen molar-refractivity contribution < 1.29 is 9.90 Å². The molecular weight excluding hydrogens is 192 g/mol. The largest absolute Gasteiger partial charge is 0.480 e. The highest BCUT2D eigenvalue weighted by Gasteiger charge is 2.31. The molecule has 0 aromatic carbocycles. The molecule has 0 aliphatic carbocycles. The Hall–Kier alpha value is -1.58. The lowest BCUT2D eigenvalue weighted by Gasteiger charge is -2.22. The van der Waals surface area contributed by atoms with Gasteiger partial charge in [-0.3, -0.25) is 0 Å². The molecule has 0 spiro atoms. The van der Waals surface area contributed by atoms with Crippen molar-refractivity contribution in [3.8, 4) is 0 Å². The molecule has 1 unspecified atom stereocenters. The molecule has 1 aromatic heterocycles.